The SMILES string of the molecule is CCN=C(N/C(=C/CN1CCCCC1c1ccccc1)C1=CC=CC=CC1)c1c(CC)cccc1CC. The first-order chi connectivity index (χ1) is 18.2. The van der Waals surface area contributed by atoms with Gasteiger partial charge in [-0.1, -0.05) is 99.2 Å². The Balaban J connectivity index is 1.69. The Morgan fingerprint density at radius 3 is 2.46 bits per heavy atom. The summed E-state index contributed by atoms with van der Waals surface area (Å²) in [6, 6.07) is 18.2. The monoisotopic (exact) mass is 493 g/mol. The van der Waals surface area contributed by atoms with E-state index >= 15 is 0 Å². The number of nitrogens with zero attached hydrogens (tertiary/aromatic N) is 2. The Bertz CT molecular complexity index is 1140. The Morgan fingerprint density at radius 2 is 1.73 bits per heavy atom. The molecule has 0 radical (unpaired) electrons. The molecule has 0 bridgehead atoms. The van der Waals surface area contributed by atoms with Gasteiger partial charge in [0.1, 0.15) is 5.84 Å². The highest BCUT2D eigenvalue weighted by atomic mass is 15.2. The van der Waals surface area contributed by atoms with Crippen LogP contribution in [-0.4, -0.2) is 30.4 Å². The van der Waals surface area contributed by atoms with Gasteiger partial charge in [0.05, 0.1) is 0 Å². The van der Waals surface area contributed by atoms with Crippen molar-refractivity contribution in [1.82, 2.24) is 10.2 Å². The lowest BCUT2D eigenvalue weighted by atomic mass is 9.95. The number of benzene rings is 2. The maximum absolute atomic E-state index is 5.01. The van der Waals surface area contributed by atoms with Crippen molar-refractivity contribution in [3.63, 3.8) is 0 Å². The molecule has 37 heavy (non-hydrogen) atoms. The van der Waals surface area contributed by atoms with Crippen LogP contribution in [0.1, 0.15) is 74.8 Å². The van der Waals surface area contributed by atoms with Gasteiger partial charge in [0.25, 0.3) is 0 Å². The maximum Gasteiger partial charge on any atom is 0.133 e. The van der Waals surface area contributed by atoms with Crippen LogP contribution in [0.15, 0.2) is 101 Å². The molecule has 194 valence electrons. The van der Waals surface area contributed by atoms with Crippen molar-refractivity contribution in [1.29, 1.82) is 0 Å². The van der Waals surface area contributed by atoms with Gasteiger partial charge < -0.3 is 5.32 Å². The highest BCUT2D eigenvalue weighted by molar-refractivity contribution is 6.02. The zero-order valence-corrected chi connectivity index (χ0v) is 22.9. The van der Waals surface area contributed by atoms with Gasteiger partial charge in [-0.2, -0.15) is 0 Å². The third-order valence-corrected chi connectivity index (χ3v) is 7.47. The molecule has 1 aliphatic carbocycles. The molecule has 1 unspecified atom stereocenters. The number of aryl methyl sites for hydroxylation is 2. The van der Waals surface area contributed by atoms with Crippen molar-refractivity contribution in [2.45, 2.75) is 65.3 Å². The minimum Gasteiger partial charge on any atom is -0.340 e. The standard InChI is InChI=1S/C34H43N3/c1-4-27-21-16-22-28(5-2)33(27)34(35-6-3)36-31(29-17-10-7-8-11-18-29)24-26-37-25-15-14-23-32(37)30-19-12-9-13-20-30/h7-13,16-17,19-22,24,32H,4-6,14-15,18,23,25-26H2,1-3H3,(H,35,36)/b31-24+. The Hall–Kier alpha value is -3.17. The molecule has 0 amide bonds. The van der Waals surface area contributed by atoms with Crippen LogP contribution < -0.4 is 5.32 Å². The summed E-state index contributed by atoms with van der Waals surface area (Å²) in [7, 11) is 0. The number of aliphatic imine (C=N–C) groups is 1. The summed E-state index contributed by atoms with van der Waals surface area (Å²) < 4.78 is 0. The van der Waals surface area contributed by atoms with Crippen molar-refractivity contribution in [2.75, 3.05) is 19.6 Å². The molecular formula is C34H43N3. The van der Waals surface area contributed by atoms with E-state index in [0.29, 0.717) is 6.04 Å². The number of hydrogen-bond acceptors (Lipinski definition) is 2. The zero-order chi connectivity index (χ0) is 25.9. The maximum atomic E-state index is 5.01. The molecule has 1 heterocycles. The largest absolute Gasteiger partial charge is 0.340 e. The van der Waals surface area contributed by atoms with E-state index in [9.17, 15) is 0 Å². The summed E-state index contributed by atoms with van der Waals surface area (Å²) in [5, 5.41) is 3.86. The number of likely N-dealkylation sites (tertiary alicyclic amines) is 1. The van der Waals surface area contributed by atoms with E-state index in [1.807, 2.05) is 0 Å². The molecule has 2 aliphatic rings. The average molecular weight is 494 g/mol. The number of piperidine rings is 1. The molecule has 2 aromatic carbocycles. The second-order valence-electron chi connectivity index (χ2n) is 9.85. The fourth-order valence-corrected chi connectivity index (χ4v) is 5.52. The van der Waals surface area contributed by atoms with Gasteiger partial charge in [0, 0.05) is 30.4 Å². The van der Waals surface area contributed by atoms with Crippen molar-refractivity contribution in [3.8, 4) is 0 Å². The molecule has 3 heteroatoms. The number of amidine groups is 1. The van der Waals surface area contributed by atoms with Crippen molar-refractivity contribution in [3.05, 3.63) is 119 Å². The smallest absolute Gasteiger partial charge is 0.133 e. The van der Waals surface area contributed by atoms with E-state index in [1.54, 1.807) is 0 Å². The molecule has 0 aromatic heterocycles. The molecule has 0 spiro atoms. The first kappa shape index (κ1) is 26.9. The Kier molecular flexibility index (Phi) is 10.1. The normalized spacial score (nSPS) is 19.0. The summed E-state index contributed by atoms with van der Waals surface area (Å²) in [6.07, 6.45) is 20.0. The summed E-state index contributed by atoms with van der Waals surface area (Å²) in [6.45, 7) is 9.40. The molecule has 1 N–H and O–H groups in total. The topological polar surface area (TPSA) is 27.6 Å². The van der Waals surface area contributed by atoms with Gasteiger partial charge in [0.15, 0.2) is 0 Å². The molecular weight excluding hydrogens is 450 g/mol. The number of nitrogens with one attached hydrogen (secondary N) is 1. The Morgan fingerprint density at radius 1 is 0.946 bits per heavy atom. The first-order valence-electron chi connectivity index (χ1n) is 14.2. The van der Waals surface area contributed by atoms with Crippen LogP contribution in [0.25, 0.3) is 0 Å². The molecule has 1 saturated heterocycles. The predicted molar refractivity (Wildman–Crippen MR) is 159 cm³/mol. The van der Waals surface area contributed by atoms with Gasteiger partial charge >= 0.3 is 0 Å². The van der Waals surface area contributed by atoms with E-state index in [0.717, 1.165) is 44.7 Å². The molecule has 4 rings (SSSR count). The Labute approximate surface area is 224 Å². The highest BCUT2D eigenvalue weighted by Gasteiger charge is 2.23. The van der Waals surface area contributed by atoms with Crippen molar-refractivity contribution < 1.29 is 0 Å². The second kappa shape index (κ2) is 13.9. The third-order valence-electron chi connectivity index (χ3n) is 7.47. The number of hydrogen-bond donors (Lipinski definition) is 1. The van der Waals surface area contributed by atoms with Gasteiger partial charge in [-0.05, 0) is 73.9 Å². The van der Waals surface area contributed by atoms with Crippen LogP contribution in [0.3, 0.4) is 0 Å². The van der Waals surface area contributed by atoms with Crippen LogP contribution in [-0.2, 0) is 12.8 Å². The van der Waals surface area contributed by atoms with E-state index < -0.39 is 0 Å². The molecule has 3 nitrogen and oxygen atoms in total. The van der Waals surface area contributed by atoms with E-state index in [-0.39, 0.29) is 0 Å². The van der Waals surface area contributed by atoms with Gasteiger partial charge in [-0.25, -0.2) is 0 Å². The molecule has 1 atom stereocenters. The van der Waals surface area contributed by atoms with Crippen LogP contribution in [0.2, 0.25) is 0 Å². The quantitative estimate of drug-likeness (QED) is 0.286. The number of rotatable bonds is 9. The average Bonchev–Trinajstić information content (AvgIpc) is 3.24. The molecule has 1 fully saturated rings. The van der Waals surface area contributed by atoms with E-state index in [2.05, 4.69) is 116 Å². The van der Waals surface area contributed by atoms with Crippen LogP contribution in [0, 0.1) is 0 Å². The third kappa shape index (κ3) is 6.99. The van der Waals surface area contributed by atoms with E-state index in [4.69, 9.17) is 4.99 Å². The number of allylic oxidation sites excluding steroid dienone is 6. The van der Waals surface area contributed by atoms with Crippen LogP contribution in [0.4, 0.5) is 0 Å². The van der Waals surface area contributed by atoms with Crippen LogP contribution >= 0.6 is 0 Å². The van der Waals surface area contributed by atoms with Crippen molar-refractivity contribution in [2.24, 2.45) is 4.99 Å². The van der Waals surface area contributed by atoms with Crippen LogP contribution in [0.5, 0.6) is 0 Å². The highest BCUT2D eigenvalue weighted by Crippen LogP contribution is 2.31. The molecule has 2 aromatic rings. The summed E-state index contributed by atoms with van der Waals surface area (Å²) in [5.41, 5.74) is 7.90. The lowest BCUT2D eigenvalue weighted by Crippen LogP contribution is -2.34. The van der Waals surface area contributed by atoms with E-state index in [1.165, 1.54) is 52.8 Å². The minimum absolute atomic E-state index is 0.478. The predicted octanol–water partition coefficient (Wildman–Crippen LogP) is 7.72. The fourth-order valence-electron chi connectivity index (χ4n) is 5.52. The lowest BCUT2D eigenvalue weighted by molar-refractivity contribution is 0.166. The lowest BCUT2D eigenvalue weighted by Gasteiger charge is -2.35. The van der Waals surface area contributed by atoms with Gasteiger partial charge in [-0.15, -0.1) is 0 Å². The zero-order valence-electron chi connectivity index (χ0n) is 22.9. The van der Waals surface area contributed by atoms with Gasteiger partial charge in [-0.3, -0.25) is 9.89 Å². The minimum atomic E-state index is 0.478. The summed E-state index contributed by atoms with van der Waals surface area (Å²) >= 11 is 0. The second-order valence-corrected chi connectivity index (χ2v) is 9.85. The molecule has 0 saturated carbocycles. The fraction of sp³-hybridized carbons (Fsp3) is 0.382. The molecule has 1 aliphatic heterocycles. The van der Waals surface area contributed by atoms with Gasteiger partial charge in [0.2, 0.25) is 0 Å². The summed E-state index contributed by atoms with van der Waals surface area (Å²) in [5.74, 6) is 0.999. The summed E-state index contributed by atoms with van der Waals surface area (Å²) in [4.78, 5) is 7.67. The van der Waals surface area contributed by atoms with Crippen molar-refractivity contribution >= 4 is 5.84 Å². The first-order valence-corrected chi connectivity index (χ1v) is 14.2.